The molecule has 1 aromatic rings. The maximum atomic E-state index is 5.92. The van der Waals surface area contributed by atoms with Crippen molar-refractivity contribution in [2.45, 2.75) is 38.6 Å². The molecule has 0 spiro atoms. The Morgan fingerprint density at radius 3 is 2.77 bits per heavy atom. The second-order valence-corrected chi connectivity index (χ2v) is 3.16. The summed E-state index contributed by atoms with van der Waals surface area (Å²) < 4.78 is 4.96. The van der Waals surface area contributed by atoms with Crippen LogP contribution < -0.4 is 5.73 Å². The third-order valence-electron chi connectivity index (χ3n) is 2.09. The van der Waals surface area contributed by atoms with E-state index in [9.17, 15) is 0 Å². The van der Waals surface area contributed by atoms with Gasteiger partial charge in [0.25, 0.3) is 0 Å². The molecule has 0 radical (unpaired) electrons. The van der Waals surface area contributed by atoms with Gasteiger partial charge in [0.2, 0.25) is 0 Å². The van der Waals surface area contributed by atoms with Crippen LogP contribution in [0, 0.1) is 0 Å². The van der Waals surface area contributed by atoms with Crippen molar-refractivity contribution >= 4 is 12.4 Å². The summed E-state index contributed by atoms with van der Waals surface area (Å²) in [6, 6.07) is 2.10. The second kappa shape index (κ2) is 6.98. The van der Waals surface area contributed by atoms with Crippen LogP contribution in [0.15, 0.2) is 23.0 Å². The third kappa shape index (κ3) is 4.34. The average molecular weight is 204 g/mol. The molecule has 1 heterocycles. The van der Waals surface area contributed by atoms with Gasteiger partial charge in [0.05, 0.1) is 12.5 Å². The lowest BCUT2D eigenvalue weighted by molar-refractivity contribution is 0.544. The fourth-order valence-electron chi connectivity index (χ4n) is 1.27. The van der Waals surface area contributed by atoms with Gasteiger partial charge in [-0.3, -0.25) is 0 Å². The van der Waals surface area contributed by atoms with Gasteiger partial charge in [0.15, 0.2) is 0 Å². The highest BCUT2D eigenvalue weighted by Gasteiger charge is 2.05. The predicted octanol–water partition coefficient (Wildman–Crippen LogP) is 3.28. The molecule has 76 valence electrons. The van der Waals surface area contributed by atoms with Crippen molar-refractivity contribution in [1.29, 1.82) is 0 Å². The Morgan fingerprint density at radius 1 is 1.46 bits per heavy atom. The van der Waals surface area contributed by atoms with Crippen LogP contribution in [0.25, 0.3) is 0 Å². The van der Waals surface area contributed by atoms with Gasteiger partial charge in [0, 0.05) is 11.6 Å². The Balaban J connectivity index is 0.00000144. The number of nitrogens with two attached hydrogens (primary N) is 1. The summed E-state index contributed by atoms with van der Waals surface area (Å²) in [5, 5.41) is 0. The van der Waals surface area contributed by atoms with Crippen molar-refractivity contribution in [3.8, 4) is 0 Å². The van der Waals surface area contributed by atoms with Gasteiger partial charge < -0.3 is 10.2 Å². The minimum atomic E-state index is 0. The summed E-state index contributed by atoms with van der Waals surface area (Å²) in [6.45, 7) is 2.20. The molecular formula is C10H18ClNO. The highest BCUT2D eigenvalue weighted by molar-refractivity contribution is 5.85. The molecule has 0 aliphatic heterocycles. The zero-order chi connectivity index (χ0) is 8.81. The maximum Gasteiger partial charge on any atom is 0.0950 e. The normalized spacial score (nSPS) is 12.2. The summed E-state index contributed by atoms with van der Waals surface area (Å²) in [7, 11) is 0. The van der Waals surface area contributed by atoms with Crippen LogP contribution in [-0.4, -0.2) is 0 Å². The van der Waals surface area contributed by atoms with E-state index in [-0.39, 0.29) is 18.4 Å². The minimum absolute atomic E-state index is 0. The Labute approximate surface area is 85.9 Å². The molecule has 0 aliphatic rings. The molecule has 0 saturated carbocycles. The van der Waals surface area contributed by atoms with Crippen LogP contribution in [0.2, 0.25) is 0 Å². The second-order valence-electron chi connectivity index (χ2n) is 3.16. The molecule has 0 aromatic carbocycles. The van der Waals surface area contributed by atoms with E-state index in [0.29, 0.717) is 0 Å². The SMILES string of the molecule is CCCCC[C@H](N)c1ccoc1.Cl. The van der Waals surface area contributed by atoms with E-state index in [4.69, 9.17) is 10.2 Å². The fraction of sp³-hybridized carbons (Fsp3) is 0.600. The number of unbranched alkanes of at least 4 members (excludes halogenated alkanes) is 2. The molecule has 0 aliphatic carbocycles. The topological polar surface area (TPSA) is 39.2 Å². The number of furan rings is 1. The fourth-order valence-corrected chi connectivity index (χ4v) is 1.27. The van der Waals surface area contributed by atoms with Crippen LogP contribution >= 0.6 is 12.4 Å². The molecule has 1 atom stereocenters. The summed E-state index contributed by atoms with van der Waals surface area (Å²) in [6.07, 6.45) is 8.20. The van der Waals surface area contributed by atoms with E-state index >= 15 is 0 Å². The van der Waals surface area contributed by atoms with Gasteiger partial charge in [-0.25, -0.2) is 0 Å². The van der Waals surface area contributed by atoms with E-state index in [1.807, 2.05) is 6.07 Å². The Hall–Kier alpha value is -0.470. The Bertz CT molecular complexity index is 199. The Kier molecular flexibility index (Phi) is 6.73. The minimum Gasteiger partial charge on any atom is -0.472 e. The first-order valence-corrected chi connectivity index (χ1v) is 4.62. The van der Waals surface area contributed by atoms with E-state index in [1.54, 1.807) is 12.5 Å². The zero-order valence-corrected chi connectivity index (χ0v) is 8.85. The highest BCUT2D eigenvalue weighted by atomic mass is 35.5. The molecular weight excluding hydrogens is 186 g/mol. The molecule has 0 fully saturated rings. The highest BCUT2D eigenvalue weighted by Crippen LogP contribution is 2.17. The van der Waals surface area contributed by atoms with Crippen molar-refractivity contribution < 1.29 is 4.42 Å². The zero-order valence-electron chi connectivity index (χ0n) is 8.03. The molecule has 2 N–H and O–H groups in total. The molecule has 2 nitrogen and oxygen atoms in total. The summed E-state index contributed by atoms with van der Waals surface area (Å²) in [5.41, 5.74) is 7.04. The maximum absolute atomic E-state index is 5.92. The smallest absolute Gasteiger partial charge is 0.0950 e. The lowest BCUT2D eigenvalue weighted by atomic mass is 10.0. The van der Waals surface area contributed by atoms with E-state index in [0.717, 1.165) is 12.0 Å². The molecule has 1 aromatic heterocycles. The van der Waals surface area contributed by atoms with Gasteiger partial charge in [0.1, 0.15) is 0 Å². The van der Waals surface area contributed by atoms with Gasteiger partial charge in [-0.15, -0.1) is 12.4 Å². The lowest BCUT2D eigenvalue weighted by Crippen LogP contribution is -2.08. The molecule has 0 amide bonds. The van der Waals surface area contributed by atoms with Gasteiger partial charge in [-0.2, -0.15) is 0 Å². The first-order chi connectivity index (χ1) is 5.84. The van der Waals surface area contributed by atoms with Crippen LogP contribution in [-0.2, 0) is 0 Å². The molecule has 0 saturated heterocycles. The molecule has 1 rings (SSSR count). The first-order valence-electron chi connectivity index (χ1n) is 4.62. The standard InChI is InChI=1S/C10H17NO.ClH/c1-2-3-4-5-10(11)9-6-7-12-8-9;/h6-8,10H,2-5,11H2,1H3;1H/t10-;/m0./s1. The summed E-state index contributed by atoms with van der Waals surface area (Å²) >= 11 is 0. The van der Waals surface area contributed by atoms with E-state index in [2.05, 4.69) is 6.92 Å². The van der Waals surface area contributed by atoms with Gasteiger partial charge in [-0.1, -0.05) is 26.2 Å². The predicted molar refractivity (Wildman–Crippen MR) is 57.0 cm³/mol. The van der Waals surface area contributed by atoms with Crippen molar-refractivity contribution in [3.05, 3.63) is 24.2 Å². The van der Waals surface area contributed by atoms with Gasteiger partial charge >= 0.3 is 0 Å². The Morgan fingerprint density at radius 2 is 2.23 bits per heavy atom. The molecule has 0 bridgehead atoms. The van der Waals surface area contributed by atoms with Crippen molar-refractivity contribution in [2.24, 2.45) is 5.73 Å². The van der Waals surface area contributed by atoms with Crippen molar-refractivity contribution in [2.75, 3.05) is 0 Å². The quantitative estimate of drug-likeness (QED) is 0.746. The molecule has 0 unspecified atom stereocenters. The number of hydrogen-bond donors (Lipinski definition) is 1. The van der Waals surface area contributed by atoms with Crippen molar-refractivity contribution in [1.82, 2.24) is 0 Å². The summed E-state index contributed by atoms with van der Waals surface area (Å²) in [4.78, 5) is 0. The van der Waals surface area contributed by atoms with E-state index in [1.165, 1.54) is 19.3 Å². The van der Waals surface area contributed by atoms with Crippen molar-refractivity contribution in [3.63, 3.8) is 0 Å². The largest absolute Gasteiger partial charge is 0.472 e. The first kappa shape index (κ1) is 12.5. The van der Waals surface area contributed by atoms with Gasteiger partial charge in [-0.05, 0) is 12.5 Å². The average Bonchev–Trinajstić information content (AvgIpc) is 2.56. The van der Waals surface area contributed by atoms with E-state index < -0.39 is 0 Å². The molecule has 3 heteroatoms. The van der Waals surface area contributed by atoms with Crippen LogP contribution in [0.1, 0.15) is 44.2 Å². The van der Waals surface area contributed by atoms with Crippen LogP contribution in [0.3, 0.4) is 0 Å². The lowest BCUT2D eigenvalue weighted by Gasteiger charge is -2.07. The third-order valence-corrected chi connectivity index (χ3v) is 2.09. The molecule has 13 heavy (non-hydrogen) atoms. The summed E-state index contributed by atoms with van der Waals surface area (Å²) in [5.74, 6) is 0. The van der Waals surface area contributed by atoms with Crippen LogP contribution in [0.4, 0.5) is 0 Å². The number of hydrogen-bond acceptors (Lipinski definition) is 2. The van der Waals surface area contributed by atoms with Crippen LogP contribution in [0.5, 0.6) is 0 Å². The monoisotopic (exact) mass is 203 g/mol. The number of halogens is 1. The number of rotatable bonds is 5.